The van der Waals surface area contributed by atoms with Crippen molar-refractivity contribution in [2.75, 3.05) is 17.2 Å². The van der Waals surface area contributed by atoms with Gasteiger partial charge in [0.2, 0.25) is 5.95 Å². The molecule has 0 fully saturated rings. The number of benzene rings is 2. The molecule has 128 valence electrons. The Balaban J connectivity index is 1.62. The standard InChI is InChI=1S/C18H17ClFN5/c1-12-10-14(19)6-7-16(12)23-17-11-22-25-18(24-17)21-9-8-13-4-2-3-5-15(13)20/h2-7,10-11H,8-9H2,1H3,(H2,21,23,24,25). The number of anilines is 3. The van der Waals surface area contributed by atoms with Gasteiger partial charge in [-0.15, -0.1) is 5.10 Å². The van der Waals surface area contributed by atoms with E-state index < -0.39 is 0 Å². The van der Waals surface area contributed by atoms with E-state index in [1.165, 1.54) is 12.3 Å². The van der Waals surface area contributed by atoms with Gasteiger partial charge in [-0.3, -0.25) is 0 Å². The first-order valence-electron chi connectivity index (χ1n) is 7.82. The lowest BCUT2D eigenvalue weighted by Gasteiger charge is -2.10. The molecule has 0 atom stereocenters. The van der Waals surface area contributed by atoms with Gasteiger partial charge >= 0.3 is 0 Å². The summed E-state index contributed by atoms with van der Waals surface area (Å²) >= 11 is 5.96. The summed E-state index contributed by atoms with van der Waals surface area (Å²) in [5, 5.41) is 14.8. The molecule has 0 saturated heterocycles. The molecule has 0 saturated carbocycles. The fraction of sp³-hybridized carbons (Fsp3) is 0.167. The van der Waals surface area contributed by atoms with Crippen LogP contribution in [0.2, 0.25) is 5.02 Å². The Morgan fingerprint density at radius 1 is 1.16 bits per heavy atom. The highest BCUT2D eigenvalue weighted by atomic mass is 35.5. The van der Waals surface area contributed by atoms with Crippen molar-refractivity contribution in [2.24, 2.45) is 0 Å². The number of aromatic nitrogens is 3. The first kappa shape index (κ1) is 17.1. The lowest BCUT2D eigenvalue weighted by atomic mass is 10.1. The Bertz CT molecular complexity index is 872. The van der Waals surface area contributed by atoms with Crippen LogP contribution in [-0.4, -0.2) is 21.7 Å². The summed E-state index contributed by atoms with van der Waals surface area (Å²) in [4.78, 5) is 4.36. The summed E-state index contributed by atoms with van der Waals surface area (Å²) in [6, 6.07) is 12.3. The first-order chi connectivity index (χ1) is 12.1. The molecular formula is C18H17ClFN5. The van der Waals surface area contributed by atoms with E-state index >= 15 is 0 Å². The Kier molecular flexibility index (Phi) is 5.40. The third kappa shape index (κ3) is 4.64. The maximum absolute atomic E-state index is 13.6. The van der Waals surface area contributed by atoms with Crippen LogP contribution in [-0.2, 0) is 6.42 Å². The van der Waals surface area contributed by atoms with Crippen LogP contribution < -0.4 is 10.6 Å². The summed E-state index contributed by atoms with van der Waals surface area (Å²) < 4.78 is 13.6. The lowest BCUT2D eigenvalue weighted by Crippen LogP contribution is -2.10. The molecule has 0 bridgehead atoms. The zero-order valence-electron chi connectivity index (χ0n) is 13.6. The highest BCUT2D eigenvalue weighted by molar-refractivity contribution is 6.30. The predicted molar refractivity (Wildman–Crippen MR) is 97.9 cm³/mol. The maximum Gasteiger partial charge on any atom is 0.244 e. The van der Waals surface area contributed by atoms with E-state index in [0.29, 0.717) is 35.3 Å². The van der Waals surface area contributed by atoms with Gasteiger partial charge in [0.15, 0.2) is 5.82 Å². The largest absolute Gasteiger partial charge is 0.353 e. The van der Waals surface area contributed by atoms with Gasteiger partial charge in [-0.25, -0.2) is 4.39 Å². The second kappa shape index (κ2) is 7.90. The summed E-state index contributed by atoms with van der Waals surface area (Å²) in [5.41, 5.74) is 2.54. The van der Waals surface area contributed by atoms with Crippen LogP contribution in [0.5, 0.6) is 0 Å². The van der Waals surface area contributed by atoms with Gasteiger partial charge in [-0.1, -0.05) is 29.8 Å². The smallest absolute Gasteiger partial charge is 0.244 e. The monoisotopic (exact) mass is 357 g/mol. The normalized spacial score (nSPS) is 10.5. The molecule has 7 heteroatoms. The zero-order valence-corrected chi connectivity index (χ0v) is 14.4. The highest BCUT2D eigenvalue weighted by Crippen LogP contribution is 2.22. The van der Waals surface area contributed by atoms with Crippen LogP contribution in [0, 0.1) is 12.7 Å². The molecule has 2 N–H and O–H groups in total. The number of nitrogens with zero attached hydrogens (tertiary/aromatic N) is 3. The summed E-state index contributed by atoms with van der Waals surface area (Å²) in [7, 11) is 0. The van der Waals surface area contributed by atoms with Crippen molar-refractivity contribution in [1.82, 2.24) is 15.2 Å². The molecule has 0 aliphatic rings. The number of rotatable bonds is 6. The molecule has 3 rings (SSSR count). The molecule has 2 aromatic carbocycles. The molecular weight excluding hydrogens is 341 g/mol. The predicted octanol–water partition coefficient (Wildman–Crippen LogP) is 4.37. The van der Waals surface area contributed by atoms with Gasteiger partial charge in [0.25, 0.3) is 0 Å². The molecule has 5 nitrogen and oxygen atoms in total. The topological polar surface area (TPSA) is 62.7 Å². The molecule has 25 heavy (non-hydrogen) atoms. The summed E-state index contributed by atoms with van der Waals surface area (Å²) in [5.74, 6) is 0.735. The van der Waals surface area contributed by atoms with Gasteiger partial charge in [0, 0.05) is 17.3 Å². The van der Waals surface area contributed by atoms with Gasteiger partial charge in [0.1, 0.15) is 5.82 Å². The number of aryl methyl sites for hydroxylation is 1. The minimum atomic E-state index is -0.211. The average Bonchev–Trinajstić information content (AvgIpc) is 2.60. The van der Waals surface area contributed by atoms with Crippen molar-refractivity contribution in [3.05, 3.63) is 70.6 Å². The average molecular weight is 358 g/mol. The quantitative estimate of drug-likeness (QED) is 0.685. The van der Waals surface area contributed by atoms with E-state index in [0.717, 1.165) is 11.3 Å². The van der Waals surface area contributed by atoms with Crippen molar-refractivity contribution >= 4 is 29.1 Å². The molecule has 0 aliphatic heterocycles. The van der Waals surface area contributed by atoms with Gasteiger partial charge in [0.05, 0.1) is 6.20 Å². The van der Waals surface area contributed by atoms with E-state index in [9.17, 15) is 4.39 Å². The SMILES string of the molecule is Cc1cc(Cl)ccc1Nc1cnnc(NCCc2ccccc2F)n1. The van der Waals surface area contributed by atoms with Crippen LogP contribution in [0.1, 0.15) is 11.1 Å². The molecule has 3 aromatic rings. The number of hydrogen-bond acceptors (Lipinski definition) is 5. The van der Waals surface area contributed by atoms with Crippen LogP contribution in [0.3, 0.4) is 0 Å². The van der Waals surface area contributed by atoms with Crippen LogP contribution in [0.25, 0.3) is 0 Å². The maximum atomic E-state index is 13.6. The molecule has 0 spiro atoms. The fourth-order valence-corrected chi connectivity index (χ4v) is 2.58. The minimum absolute atomic E-state index is 0.211. The fourth-order valence-electron chi connectivity index (χ4n) is 2.35. The molecule has 0 radical (unpaired) electrons. The van der Waals surface area contributed by atoms with E-state index in [4.69, 9.17) is 11.6 Å². The van der Waals surface area contributed by atoms with Crippen molar-refractivity contribution in [2.45, 2.75) is 13.3 Å². The van der Waals surface area contributed by atoms with Crippen molar-refractivity contribution in [1.29, 1.82) is 0 Å². The van der Waals surface area contributed by atoms with Gasteiger partial charge in [-0.2, -0.15) is 10.1 Å². The molecule has 1 heterocycles. The van der Waals surface area contributed by atoms with E-state index in [2.05, 4.69) is 25.8 Å². The van der Waals surface area contributed by atoms with Crippen LogP contribution in [0.4, 0.5) is 21.8 Å². The van der Waals surface area contributed by atoms with E-state index in [-0.39, 0.29) is 5.82 Å². The minimum Gasteiger partial charge on any atom is -0.353 e. The Morgan fingerprint density at radius 3 is 2.80 bits per heavy atom. The Morgan fingerprint density at radius 2 is 2.00 bits per heavy atom. The number of hydrogen-bond donors (Lipinski definition) is 2. The van der Waals surface area contributed by atoms with Crippen molar-refractivity contribution in [3.63, 3.8) is 0 Å². The van der Waals surface area contributed by atoms with E-state index in [1.807, 2.05) is 25.1 Å². The van der Waals surface area contributed by atoms with Gasteiger partial charge in [-0.05, 0) is 48.7 Å². The third-order valence-corrected chi connectivity index (χ3v) is 3.88. The first-order valence-corrected chi connectivity index (χ1v) is 8.20. The third-order valence-electron chi connectivity index (χ3n) is 3.65. The van der Waals surface area contributed by atoms with E-state index in [1.54, 1.807) is 18.2 Å². The van der Waals surface area contributed by atoms with Crippen LogP contribution >= 0.6 is 11.6 Å². The second-order valence-electron chi connectivity index (χ2n) is 5.52. The Hall–Kier alpha value is -2.73. The van der Waals surface area contributed by atoms with Crippen molar-refractivity contribution in [3.8, 4) is 0 Å². The lowest BCUT2D eigenvalue weighted by molar-refractivity contribution is 0.610. The highest BCUT2D eigenvalue weighted by Gasteiger charge is 2.05. The molecule has 1 aromatic heterocycles. The van der Waals surface area contributed by atoms with Crippen LogP contribution in [0.15, 0.2) is 48.7 Å². The number of halogens is 2. The molecule has 0 aliphatic carbocycles. The van der Waals surface area contributed by atoms with Gasteiger partial charge < -0.3 is 10.6 Å². The zero-order chi connectivity index (χ0) is 17.6. The summed E-state index contributed by atoms with van der Waals surface area (Å²) in [6.45, 7) is 2.46. The summed E-state index contributed by atoms with van der Waals surface area (Å²) in [6.07, 6.45) is 2.07. The molecule has 0 unspecified atom stereocenters. The van der Waals surface area contributed by atoms with Crippen molar-refractivity contribution < 1.29 is 4.39 Å². The molecule has 0 amide bonds. The second-order valence-corrected chi connectivity index (χ2v) is 5.95. The Labute approximate surface area is 150 Å². The number of nitrogens with one attached hydrogen (secondary N) is 2.